The fraction of sp³-hybridized carbons (Fsp3) is 0.308. The highest BCUT2D eigenvalue weighted by Crippen LogP contribution is 2.46. The van der Waals surface area contributed by atoms with E-state index < -0.39 is 0 Å². The molecule has 0 aliphatic heterocycles. The van der Waals surface area contributed by atoms with Crippen LogP contribution in [0.1, 0.15) is 18.5 Å². The minimum Gasteiger partial charge on any atom is -0.330 e. The maximum atomic E-state index is 5.82. The van der Waals surface area contributed by atoms with Crippen LogP contribution < -0.4 is 5.73 Å². The van der Waals surface area contributed by atoms with E-state index in [1.165, 1.54) is 0 Å². The molecule has 4 heteroatoms. The van der Waals surface area contributed by atoms with E-state index in [0.29, 0.717) is 6.54 Å². The second kappa shape index (κ2) is 3.96. The van der Waals surface area contributed by atoms with Gasteiger partial charge in [-0.15, -0.1) is 0 Å². The smallest absolute Gasteiger partial charge is 0.0787 e. The minimum absolute atomic E-state index is 0.159. The summed E-state index contributed by atoms with van der Waals surface area (Å²) < 4.78 is 2.96. The number of halogens is 1. The van der Waals surface area contributed by atoms with Crippen LogP contribution >= 0.6 is 15.9 Å². The highest BCUT2D eigenvalue weighted by Gasteiger charge is 2.44. The number of rotatable bonds is 3. The lowest BCUT2D eigenvalue weighted by Gasteiger charge is -2.08. The first kappa shape index (κ1) is 11.0. The number of hydrogen-bond acceptors (Lipinski definition) is 2. The summed E-state index contributed by atoms with van der Waals surface area (Å²) in [5.74, 6) is 0. The van der Waals surface area contributed by atoms with Gasteiger partial charge in [0.2, 0.25) is 0 Å². The third-order valence-corrected chi connectivity index (χ3v) is 4.15. The van der Waals surface area contributed by atoms with Gasteiger partial charge >= 0.3 is 0 Å². The summed E-state index contributed by atoms with van der Waals surface area (Å²) in [7, 11) is 0. The predicted octanol–water partition coefficient (Wildman–Crippen LogP) is 2.63. The molecule has 1 aromatic heterocycles. The second-order valence-electron chi connectivity index (χ2n) is 4.58. The van der Waals surface area contributed by atoms with Gasteiger partial charge in [0.05, 0.1) is 11.4 Å². The quantitative estimate of drug-likeness (QED) is 0.945. The molecule has 88 valence electrons. The number of nitrogens with zero attached hydrogens (tertiary/aromatic N) is 2. The van der Waals surface area contributed by atoms with Crippen LogP contribution in [0.25, 0.3) is 5.69 Å². The molecule has 17 heavy (non-hydrogen) atoms. The lowest BCUT2D eigenvalue weighted by molar-refractivity contribution is 0.661. The molecule has 0 atom stereocenters. The van der Waals surface area contributed by atoms with E-state index in [2.05, 4.69) is 27.1 Å². The maximum absolute atomic E-state index is 5.82. The largest absolute Gasteiger partial charge is 0.330 e. The zero-order valence-electron chi connectivity index (χ0n) is 9.44. The van der Waals surface area contributed by atoms with E-state index in [1.54, 1.807) is 0 Å². The molecule has 1 fully saturated rings. The number of aromatic nitrogens is 2. The standard InChI is InChI=1S/C13H14BrN3/c14-10-3-1-2-4-11(10)17-8-5-12(16-17)13(9-15)6-7-13/h1-5,8H,6-7,9,15H2. The molecular formula is C13H14BrN3. The van der Waals surface area contributed by atoms with Crippen LogP contribution in [0.5, 0.6) is 0 Å². The van der Waals surface area contributed by atoms with Crippen LogP contribution in [-0.2, 0) is 5.41 Å². The Bertz CT molecular complexity index is 543. The highest BCUT2D eigenvalue weighted by molar-refractivity contribution is 9.10. The Balaban J connectivity index is 1.99. The molecule has 0 radical (unpaired) electrons. The van der Waals surface area contributed by atoms with Crippen molar-refractivity contribution in [2.24, 2.45) is 5.73 Å². The first-order valence-electron chi connectivity index (χ1n) is 5.76. The van der Waals surface area contributed by atoms with Crippen LogP contribution in [-0.4, -0.2) is 16.3 Å². The zero-order valence-corrected chi connectivity index (χ0v) is 11.0. The van der Waals surface area contributed by atoms with Crippen molar-refractivity contribution in [3.05, 3.63) is 46.7 Å². The van der Waals surface area contributed by atoms with Gasteiger partial charge in [-0.05, 0) is 47.0 Å². The molecule has 1 aliphatic carbocycles. The SMILES string of the molecule is NCC1(c2ccn(-c3ccccc3Br)n2)CC1. The molecular weight excluding hydrogens is 278 g/mol. The Hall–Kier alpha value is -1.13. The first-order valence-corrected chi connectivity index (χ1v) is 6.56. The number of benzene rings is 1. The number of para-hydroxylation sites is 1. The first-order chi connectivity index (χ1) is 8.25. The lowest BCUT2D eigenvalue weighted by atomic mass is 10.0. The molecule has 1 saturated carbocycles. The number of hydrogen-bond donors (Lipinski definition) is 1. The summed E-state index contributed by atoms with van der Waals surface area (Å²) in [4.78, 5) is 0. The molecule has 1 aromatic carbocycles. The highest BCUT2D eigenvalue weighted by atomic mass is 79.9. The Morgan fingerprint density at radius 3 is 2.71 bits per heavy atom. The van der Waals surface area contributed by atoms with Crippen molar-refractivity contribution in [3.63, 3.8) is 0 Å². The average Bonchev–Trinajstić information content (AvgIpc) is 3.00. The van der Waals surface area contributed by atoms with Crippen LogP contribution in [0.4, 0.5) is 0 Å². The monoisotopic (exact) mass is 291 g/mol. The Morgan fingerprint density at radius 2 is 2.06 bits per heavy atom. The van der Waals surface area contributed by atoms with E-state index >= 15 is 0 Å². The third-order valence-electron chi connectivity index (χ3n) is 3.48. The van der Waals surface area contributed by atoms with Crippen molar-refractivity contribution in [2.75, 3.05) is 6.54 Å². The van der Waals surface area contributed by atoms with Gasteiger partial charge in [-0.1, -0.05) is 12.1 Å². The van der Waals surface area contributed by atoms with Crippen LogP contribution in [0.2, 0.25) is 0 Å². The molecule has 1 heterocycles. The topological polar surface area (TPSA) is 43.8 Å². The summed E-state index contributed by atoms with van der Waals surface area (Å²) in [6, 6.07) is 10.2. The molecule has 3 rings (SSSR count). The second-order valence-corrected chi connectivity index (χ2v) is 5.44. The van der Waals surface area contributed by atoms with E-state index in [-0.39, 0.29) is 5.41 Å². The fourth-order valence-corrected chi connectivity index (χ4v) is 2.56. The summed E-state index contributed by atoms with van der Waals surface area (Å²) >= 11 is 3.54. The van der Waals surface area contributed by atoms with Crippen molar-refractivity contribution >= 4 is 15.9 Å². The van der Waals surface area contributed by atoms with E-state index in [4.69, 9.17) is 5.73 Å². The molecule has 3 nitrogen and oxygen atoms in total. The van der Waals surface area contributed by atoms with Crippen LogP contribution in [0.15, 0.2) is 41.0 Å². The van der Waals surface area contributed by atoms with Gasteiger partial charge in [0.1, 0.15) is 0 Å². The van der Waals surface area contributed by atoms with E-state index in [1.807, 2.05) is 35.1 Å². The normalized spacial score (nSPS) is 17.1. The van der Waals surface area contributed by atoms with Gasteiger partial charge in [0, 0.05) is 22.6 Å². The fourth-order valence-electron chi connectivity index (χ4n) is 2.09. The van der Waals surface area contributed by atoms with Crippen molar-refractivity contribution in [3.8, 4) is 5.69 Å². The summed E-state index contributed by atoms with van der Waals surface area (Å²) in [5.41, 5.74) is 8.16. The Labute approximate surface area is 109 Å². The van der Waals surface area contributed by atoms with Crippen molar-refractivity contribution in [2.45, 2.75) is 18.3 Å². The molecule has 0 saturated heterocycles. The molecule has 2 N–H and O–H groups in total. The summed E-state index contributed by atoms with van der Waals surface area (Å²) in [6.07, 6.45) is 4.33. The van der Waals surface area contributed by atoms with Gasteiger partial charge in [0.25, 0.3) is 0 Å². The average molecular weight is 292 g/mol. The zero-order chi connectivity index (χ0) is 11.9. The van der Waals surface area contributed by atoms with Crippen molar-refractivity contribution in [1.29, 1.82) is 0 Å². The van der Waals surface area contributed by atoms with Gasteiger partial charge in [-0.2, -0.15) is 5.10 Å². The molecule has 0 unspecified atom stereocenters. The van der Waals surface area contributed by atoms with Crippen LogP contribution in [0, 0.1) is 0 Å². The summed E-state index contributed by atoms with van der Waals surface area (Å²) in [6.45, 7) is 0.694. The predicted molar refractivity (Wildman–Crippen MR) is 71.2 cm³/mol. The van der Waals surface area contributed by atoms with Gasteiger partial charge in [0.15, 0.2) is 0 Å². The van der Waals surface area contributed by atoms with Gasteiger partial charge in [-0.3, -0.25) is 0 Å². The molecule has 1 aliphatic rings. The molecule has 0 amide bonds. The third kappa shape index (κ3) is 1.81. The molecule has 0 spiro atoms. The molecule has 0 bridgehead atoms. The Morgan fingerprint density at radius 1 is 1.29 bits per heavy atom. The Kier molecular flexibility index (Phi) is 2.56. The number of nitrogens with two attached hydrogens (primary N) is 1. The lowest BCUT2D eigenvalue weighted by Crippen LogP contribution is -2.20. The van der Waals surface area contributed by atoms with Crippen molar-refractivity contribution in [1.82, 2.24) is 9.78 Å². The van der Waals surface area contributed by atoms with E-state index in [9.17, 15) is 0 Å². The summed E-state index contributed by atoms with van der Waals surface area (Å²) in [5, 5.41) is 4.65. The maximum Gasteiger partial charge on any atom is 0.0787 e. The minimum atomic E-state index is 0.159. The molecule has 2 aromatic rings. The van der Waals surface area contributed by atoms with Crippen LogP contribution in [0.3, 0.4) is 0 Å². The van der Waals surface area contributed by atoms with Gasteiger partial charge < -0.3 is 5.73 Å². The van der Waals surface area contributed by atoms with Gasteiger partial charge in [-0.25, -0.2) is 4.68 Å². The van der Waals surface area contributed by atoms with E-state index in [0.717, 1.165) is 28.7 Å². The van der Waals surface area contributed by atoms with Crippen molar-refractivity contribution < 1.29 is 0 Å².